The fourth-order valence-corrected chi connectivity index (χ4v) is 10.7. The quantitative estimate of drug-likeness (QED) is 0.475. The summed E-state index contributed by atoms with van der Waals surface area (Å²) >= 11 is 0. The number of fused-ring (bicyclic) bond motifs is 5. The van der Waals surface area contributed by atoms with Gasteiger partial charge in [0.1, 0.15) is 6.10 Å². The van der Waals surface area contributed by atoms with E-state index in [1.54, 1.807) is 13.8 Å². The van der Waals surface area contributed by atoms with Crippen LogP contribution in [0.15, 0.2) is 0 Å². The van der Waals surface area contributed by atoms with Gasteiger partial charge in [-0.1, -0.05) is 27.7 Å². The molecule has 5 rings (SSSR count). The minimum atomic E-state index is -1.10. The maximum Gasteiger partial charge on any atom is 0.112 e. The van der Waals surface area contributed by atoms with Crippen LogP contribution in [0.5, 0.6) is 0 Å². The van der Waals surface area contributed by atoms with Crippen molar-refractivity contribution in [2.45, 2.75) is 135 Å². The summed E-state index contributed by atoms with van der Waals surface area (Å²) in [5.74, 6) is 1.91. The molecular formula is C29H50O5. The van der Waals surface area contributed by atoms with Crippen molar-refractivity contribution in [1.29, 1.82) is 0 Å². The maximum atomic E-state index is 11.8. The lowest BCUT2D eigenvalue weighted by Crippen LogP contribution is -2.62. The van der Waals surface area contributed by atoms with Crippen LogP contribution in [0.4, 0.5) is 0 Å². The first-order valence-electron chi connectivity index (χ1n) is 14.0. The molecule has 1 aliphatic heterocycles. The van der Waals surface area contributed by atoms with Crippen molar-refractivity contribution < 1.29 is 25.2 Å². The molecule has 1 heterocycles. The van der Waals surface area contributed by atoms with Crippen LogP contribution in [-0.4, -0.2) is 56.0 Å². The fraction of sp³-hybridized carbons (Fsp3) is 1.00. The van der Waals surface area contributed by atoms with E-state index in [1.165, 1.54) is 6.42 Å². The molecule has 0 radical (unpaired) electrons. The number of hydrogen-bond donors (Lipinski definition) is 4. The van der Waals surface area contributed by atoms with E-state index in [9.17, 15) is 20.4 Å². The molecule has 0 aromatic heterocycles. The van der Waals surface area contributed by atoms with Crippen LogP contribution in [0.2, 0.25) is 0 Å². The van der Waals surface area contributed by atoms with Crippen LogP contribution in [0, 0.1) is 45.8 Å². The van der Waals surface area contributed by atoms with Gasteiger partial charge in [-0.25, -0.2) is 0 Å². The number of hydrogen-bond acceptors (Lipinski definition) is 5. The third-order valence-electron chi connectivity index (χ3n) is 12.4. The molecule has 0 aromatic rings. The summed E-state index contributed by atoms with van der Waals surface area (Å²) < 4.78 is 6.49. The highest BCUT2D eigenvalue weighted by Crippen LogP contribution is 2.71. The Morgan fingerprint density at radius 1 is 0.765 bits per heavy atom. The molecule has 1 saturated heterocycles. The first kappa shape index (κ1) is 25.4. The topological polar surface area (TPSA) is 90.2 Å². The van der Waals surface area contributed by atoms with Crippen molar-refractivity contribution in [2.24, 2.45) is 45.8 Å². The predicted molar refractivity (Wildman–Crippen MR) is 132 cm³/mol. The van der Waals surface area contributed by atoms with Gasteiger partial charge in [0.2, 0.25) is 0 Å². The van der Waals surface area contributed by atoms with Crippen LogP contribution in [0.1, 0.15) is 99.8 Å². The third-order valence-corrected chi connectivity index (χ3v) is 12.4. The normalized spacial score (nSPS) is 57.1. The van der Waals surface area contributed by atoms with Crippen LogP contribution >= 0.6 is 0 Å². The highest BCUT2D eigenvalue weighted by atomic mass is 16.5. The van der Waals surface area contributed by atoms with Crippen LogP contribution in [-0.2, 0) is 4.74 Å². The molecule has 0 spiro atoms. The van der Waals surface area contributed by atoms with Gasteiger partial charge in [-0.05, 0) is 112 Å². The molecule has 12 atom stereocenters. The Morgan fingerprint density at radius 2 is 1.41 bits per heavy atom. The molecule has 0 amide bonds. The Morgan fingerprint density at radius 3 is 2.03 bits per heavy atom. The third kappa shape index (κ3) is 3.36. The molecule has 5 heteroatoms. The molecule has 0 bridgehead atoms. The van der Waals surface area contributed by atoms with Crippen LogP contribution in [0.25, 0.3) is 0 Å². The molecule has 5 fully saturated rings. The van der Waals surface area contributed by atoms with E-state index < -0.39 is 23.4 Å². The summed E-state index contributed by atoms with van der Waals surface area (Å²) in [4.78, 5) is 0. The molecule has 12 unspecified atom stereocenters. The lowest BCUT2D eigenvalue weighted by molar-refractivity contribution is -0.214. The van der Waals surface area contributed by atoms with Crippen LogP contribution < -0.4 is 0 Å². The Labute approximate surface area is 206 Å². The van der Waals surface area contributed by atoms with Gasteiger partial charge in [-0.2, -0.15) is 0 Å². The van der Waals surface area contributed by atoms with Gasteiger partial charge in [0, 0.05) is 6.42 Å². The molecule has 34 heavy (non-hydrogen) atoms. The van der Waals surface area contributed by atoms with Gasteiger partial charge >= 0.3 is 0 Å². The van der Waals surface area contributed by atoms with Crippen molar-refractivity contribution in [2.75, 3.05) is 0 Å². The zero-order valence-electron chi connectivity index (χ0n) is 22.6. The largest absolute Gasteiger partial charge is 0.393 e. The number of aliphatic hydroxyl groups is 4. The Kier molecular flexibility index (Phi) is 5.73. The fourth-order valence-electron chi connectivity index (χ4n) is 10.7. The predicted octanol–water partition coefficient (Wildman–Crippen LogP) is 4.29. The van der Waals surface area contributed by atoms with Crippen LogP contribution in [0.3, 0.4) is 0 Å². The zero-order chi connectivity index (χ0) is 25.1. The van der Waals surface area contributed by atoms with Crippen molar-refractivity contribution in [1.82, 2.24) is 0 Å². The molecular weight excluding hydrogens is 428 g/mol. The standard InChI is InChI=1S/C29H50O5/c1-25(2)21-9-8-16-18(27(21,5)13-11-22(25)32)14-19(30)23-17(10-12-28(16,23)6)29(7)15-20(31)24(34-29)26(3,4)33/h16-24,30-33H,8-15H2,1-7H3. The molecule has 5 aliphatic rings. The van der Waals surface area contributed by atoms with Gasteiger partial charge in [0.05, 0.1) is 29.5 Å². The van der Waals surface area contributed by atoms with Gasteiger partial charge in [-0.15, -0.1) is 0 Å². The highest BCUT2D eigenvalue weighted by molar-refractivity contribution is 5.17. The monoisotopic (exact) mass is 478 g/mol. The molecule has 4 aliphatic carbocycles. The smallest absolute Gasteiger partial charge is 0.112 e. The number of ether oxygens (including phenoxy) is 1. The Bertz CT molecular complexity index is 805. The first-order valence-corrected chi connectivity index (χ1v) is 14.0. The Balaban J connectivity index is 1.44. The maximum absolute atomic E-state index is 11.8. The highest BCUT2D eigenvalue weighted by Gasteiger charge is 2.68. The number of rotatable bonds is 2. The summed E-state index contributed by atoms with van der Waals surface area (Å²) in [6.07, 6.45) is 5.84. The van der Waals surface area contributed by atoms with E-state index in [4.69, 9.17) is 4.74 Å². The minimum Gasteiger partial charge on any atom is -0.393 e. The lowest BCUT2D eigenvalue weighted by atomic mass is 9.39. The van der Waals surface area contributed by atoms with E-state index in [0.29, 0.717) is 24.2 Å². The van der Waals surface area contributed by atoms with Gasteiger partial charge in [-0.3, -0.25) is 0 Å². The van der Waals surface area contributed by atoms with E-state index in [2.05, 4.69) is 34.6 Å². The van der Waals surface area contributed by atoms with E-state index in [0.717, 1.165) is 38.5 Å². The van der Waals surface area contributed by atoms with Crippen molar-refractivity contribution in [3.63, 3.8) is 0 Å². The second-order valence-corrected chi connectivity index (χ2v) is 15.0. The summed E-state index contributed by atoms with van der Waals surface area (Å²) in [5, 5.41) is 44.0. The second-order valence-electron chi connectivity index (χ2n) is 15.0. The zero-order valence-corrected chi connectivity index (χ0v) is 22.6. The average Bonchev–Trinajstić information content (AvgIpc) is 3.24. The first-order chi connectivity index (χ1) is 15.6. The van der Waals surface area contributed by atoms with Crippen molar-refractivity contribution >= 4 is 0 Å². The second kappa shape index (κ2) is 7.66. The van der Waals surface area contributed by atoms with Gasteiger partial charge in [0.15, 0.2) is 0 Å². The molecule has 4 saturated carbocycles. The Hall–Kier alpha value is -0.200. The number of aliphatic hydroxyl groups excluding tert-OH is 3. The summed E-state index contributed by atoms with van der Waals surface area (Å²) in [7, 11) is 0. The average molecular weight is 479 g/mol. The van der Waals surface area contributed by atoms with E-state index >= 15 is 0 Å². The van der Waals surface area contributed by atoms with Gasteiger partial charge in [0.25, 0.3) is 0 Å². The van der Waals surface area contributed by atoms with E-state index in [1.807, 2.05) is 0 Å². The summed E-state index contributed by atoms with van der Waals surface area (Å²) in [5.41, 5.74) is -1.48. The summed E-state index contributed by atoms with van der Waals surface area (Å²) in [6.45, 7) is 15.0. The molecule has 0 aromatic carbocycles. The SMILES string of the molecule is CC(C)(O)C1OC(C)(C2CCC3(C)C4CCC5C(C)(C)C(O)CCC5(C)C4CC(O)C23)CC1O. The molecule has 196 valence electrons. The molecule has 5 nitrogen and oxygen atoms in total. The molecule has 4 N–H and O–H groups in total. The van der Waals surface area contributed by atoms with Crippen molar-refractivity contribution in [3.05, 3.63) is 0 Å². The van der Waals surface area contributed by atoms with Crippen molar-refractivity contribution in [3.8, 4) is 0 Å². The van der Waals surface area contributed by atoms with E-state index in [-0.39, 0.29) is 40.3 Å². The summed E-state index contributed by atoms with van der Waals surface area (Å²) in [6, 6.07) is 0. The lowest BCUT2D eigenvalue weighted by Gasteiger charge is -2.66. The van der Waals surface area contributed by atoms with Gasteiger partial charge < -0.3 is 25.2 Å². The minimum absolute atomic E-state index is 0.0608.